The fraction of sp³-hybridized carbons (Fsp3) is 0.562. The van der Waals surface area contributed by atoms with E-state index in [1.165, 1.54) is 44.9 Å². The Balaban J connectivity index is 2.02. The maximum atomic E-state index is 8.69. The molecule has 2 heteroatoms. The van der Waals surface area contributed by atoms with Gasteiger partial charge in [0.1, 0.15) is 0 Å². The Labute approximate surface area is 111 Å². The molecule has 1 N–H and O–H groups in total. The van der Waals surface area contributed by atoms with Crippen molar-refractivity contribution >= 4 is 5.69 Å². The number of benzene rings is 1. The molecule has 0 bridgehead atoms. The molecule has 0 aliphatic rings. The van der Waals surface area contributed by atoms with E-state index in [0.29, 0.717) is 0 Å². The van der Waals surface area contributed by atoms with Crippen molar-refractivity contribution in [2.45, 2.75) is 51.9 Å². The highest BCUT2D eigenvalue weighted by Gasteiger charge is 1.94. The SMILES string of the molecule is CCCCCCCCCNc1ccc(C#N)cc1. The van der Waals surface area contributed by atoms with Crippen LogP contribution in [-0.2, 0) is 0 Å². The second-order valence-electron chi connectivity index (χ2n) is 4.74. The van der Waals surface area contributed by atoms with Crippen molar-refractivity contribution in [3.8, 4) is 6.07 Å². The summed E-state index contributed by atoms with van der Waals surface area (Å²) in [6, 6.07) is 9.78. The quantitative estimate of drug-likeness (QED) is 0.638. The zero-order chi connectivity index (χ0) is 13.1. The first-order chi connectivity index (χ1) is 8.86. The Kier molecular flexibility index (Phi) is 7.72. The second kappa shape index (κ2) is 9.53. The van der Waals surface area contributed by atoms with Crippen LogP contribution in [0.1, 0.15) is 57.4 Å². The van der Waals surface area contributed by atoms with Crippen LogP contribution in [0.15, 0.2) is 24.3 Å². The van der Waals surface area contributed by atoms with E-state index < -0.39 is 0 Å². The molecule has 0 heterocycles. The Morgan fingerprint density at radius 2 is 1.56 bits per heavy atom. The number of hydrogen-bond donors (Lipinski definition) is 1. The molecule has 0 unspecified atom stereocenters. The fourth-order valence-corrected chi connectivity index (χ4v) is 1.98. The zero-order valence-electron chi connectivity index (χ0n) is 11.4. The molecule has 0 radical (unpaired) electrons. The van der Waals surface area contributed by atoms with Crippen LogP contribution in [0.4, 0.5) is 5.69 Å². The van der Waals surface area contributed by atoms with Crippen LogP contribution in [0.25, 0.3) is 0 Å². The van der Waals surface area contributed by atoms with Gasteiger partial charge in [-0.25, -0.2) is 0 Å². The van der Waals surface area contributed by atoms with Gasteiger partial charge in [0.2, 0.25) is 0 Å². The summed E-state index contributed by atoms with van der Waals surface area (Å²) in [4.78, 5) is 0. The highest BCUT2D eigenvalue weighted by molar-refractivity contribution is 5.46. The molecule has 98 valence electrons. The number of nitrogens with zero attached hydrogens (tertiary/aromatic N) is 1. The van der Waals surface area contributed by atoms with E-state index in [2.05, 4.69) is 18.3 Å². The predicted octanol–water partition coefficient (Wildman–Crippen LogP) is 4.72. The van der Waals surface area contributed by atoms with Crippen molar-refractivity contribution in [1.29, 1.82) is 5.26 Å². The molecule has 1 aromatic rings. The van der Waals surface area contributed by atoms with E-state index in [-0.39, 0.29) is 0 Å². The van der Waals surface area contributed by atoms with E-state index >= 15 is 0 Å². The molecule has 0 saturated carbocycles. The molecule has 0 aliphatic heterocycles. The van der Waals surface area contributed by atoms with Crippen LogP contribution >= 0.6 is 0 Å². The maximum absolute atomic E-state index is 8.69. The van der Waals surface area contributed by atoms with Gasteiger partial charge in [0, 0.05) is 12.2 Å². The van der Waals surface area contributed by atoms with Gasteiger partial charge in [-0.2, -0.15) is 5.26 Å². The normalized spacial score (nSPS) is 10.0. The topological polar surface area (TPSA) is 35.8 Å². The van der Waals surface area contributed by atoms with Gasteiger partial charge in [-0.1, -0.05) is 45.4 Å². The summed E-state index contributed by atoms with van der Waals surface area (Å²) in [5.74, 6) is 0. The number of nitrogens with one attached hydrogen (secondary N) is 1. The minimum atomic E-state index is 0.719. The van der Waals surface area contributed by atoms with Crippen molar-refractivity contribution in [2.75, 3.05) is 11.9 Å². The molecule has 0 spiro atoms. The molecule has 0 amide bonds. The molecule has 0 saturated heterocycles. The van der Waals surface area contributed by atoms with Gasteiger partial charge in [0.25, 0.3) is 0 Å². The summed E-state index contributed by atoms with van der Waals surface area (Å²) in [5.41, 5.74) is 1.83. The molecule has 0 aliphatic carbocycles. The van der Waals surface area contributed by atoms with Crippen molar-refractivity contribution in [1.82, 2.24) is 0 Å². The van der Waals surface area contributed by atoms with Gasteiger partial charge in [-0.05, 0) is 30.7 Å². The lowest BCUT2D eigenvalue weighted by Gasteiger charge is -2.06. The lowest BCUT2D eigenvalue weighted by molar-refractivity contribution is 0.596. The summed E-state index contributed by atoms with van der Waals surface area (Å²) in [6.45, 7) is 3.28. The number of nitriles is 1. The number of anilines is 1. The van der Waals surface area contributed by atoms with Crippen molar-refractivity contribution in [3.05, 3.63) is 29.8 Å². The molecule has 0 aromatic heterocycles. The average Bonchev–Trinajstić information content (AvgIpc) is 2.42. The zero-order valence-corrected chi connectivity index (χ0v) is 11.4. The summed E-state index contributed by atoms with van der Waals surface area (Å²) in [7, 11) is 0. The molecular formula is C16H24N2. The molecule has 18 heavy (non-hydrogen) atoms. The highest BCUT2D eigenvalue weighted by Crippen LogP contribution is 2.10. The van der Waals surface area contributed by atoms with Crippen LogP contribution in [0, 0.1) is 11.3 Å². The Hall–Kier alpha value is -1.49. The van der Waals surface area contributed by atoms with E-state index in [4.69, 9.17) is 5.26 Å². The maximum Gasteiger partial charge on any atom is 0.0991 e. The van der Waals surface area contributed by atoms with Crippen molar-refractivity contribution < 1.29 is 0 Å². The third-order valence-corrected chi connectivity index (χ3v) is 3.12. The minimum absolute atomic E-state index is 0.719. The Bertz CT molecular complexity index is 348. The van der Waals surface area contributed by atoms with Gasteiger partial charge >= 0.3 is 0 Å². The summed E-state index contributed by atoms with van der Waals surface area (Å²) < 4.78 is 0. The summed E-state index contributed by atoms with van der Waals surface area (Å²) >= 11 is 0. The van der Waals surface area contributed by atoms with E-state index in [9.17, 15) is 0 Å². The van der Waals surface area contributed by atoms with E-state index in [1.807, 2.05) is 24.3 Å². The largest absolute Gasteiger partial charge is 0.385 e. The van der Waals surface area contributed by atoms with E-state index in [1.54, 1.807) is 0 Å². The highest BCUT2D eigenvalue weighted by atomic mass is 14.9. The third-order valence-electron chi connectivity index (χ3n) is 3.12. The molecule has 0 fully saturated rings. The molecular weight excluding hydrogens is 220 g/mol. The summed E-state index contributed by atoms with van der Waals surface area (Å²) in [5, 5.41) is 12.1. The standard InChI is InChI=1S/C16H24N2/c1-2-3-4-5-6-7-8-13-18-16-11-9-15(14-17)10-12-16/h9-12,18H,2-8,13H2,1H3. The summed E-state index contributed by atoms with van der Waals surface area (Å²) in [6.07, 6.45) is 9.36. The Morgan fingerprint density at radius 1 is 0.944 bits per heavy atom. The van der Waals surface area contributed by atoms with Crippen molar-refractivity contribution in [2.24, 2.45) is 0 Å². The van der Waals surface area contributed by atoms with Crippen molar-refractivity contribution in [3.63, 3.8) is 0 Å². The van der Waals surface area contributed by atoms with Gasteiger partial charge in [0.05, 0.1) is 11.6 Å². The minimum Gasteiger partial charge on any atom is -0.385 e. The average molecular weight is 244 g/mol. The van der Waals surface area contributed by atoms with Gasteiger partial charge in [-0.3, -0.25) is 0 Å². The van der Waals surface area contributed by atoms with Crippen LogP contribution < -0.4 is 5.32 Å². The predicted molar refractivity (Wildman–Crippen MR) is 77.6 cm³/mol. The first-order valence-corrected chi connectivity index (χ1v) is 7.11. The first-order valence-electron chi connectivity index (χ1n) is 7.11. The second-order valence-corrected chi connectivity index (χ2v) is 4.74. The Morgan fingerprint density at radius 3 is 2.17 bits per heavy atom. The lowest BCUT2D eigenvalue weighted by Crippen LogP contribution is -2.01. The third kappa shape index (κ3) is 6.30. The monoisotopic (exact) mass is 244 g/mol. The molecule has 2 nitrogen and oxygen atoms in total. The number of unbranched alkanes of at least 4 members (excludes halogenated alkanes) is 6. The molecule has 1 aromatic carbocycles. The van der Waals surface area contributed by atoms with Gasteiger partial charge in [0.15, 0.2) is 0 Å². The lowest BCUT2D eigenvalue weighted by atomic mass is 10.1. The molecule has 1 rings (SSSR count). The fourth-order valence-electron chi connectivity index (χ4n) is 1.98. The van der Waals surface area contributed by atoms with Gasteiger partial charge < -0.3 is 5.32 Å². The smallest absolute Gasteiger partial charge is 0.0991 e. The van der Waals surface area contributed by atoms with Crippen LogP contribution in [0.3, 0.4) is 0 Å². The van der Waals surface area contributed by atoms with Gasteiger partial charge in [-0.15, -0.1) is 0 Å². The first kappa shape index (κ1) is 14.6. The van der Waals surface area contributed by atoms with Crippen LogP contribution in [0.2, 0.25) is 0 Å². The van der Waals surface area contributed by atoms with Crippen LogP contribution in [-0.4, -0.2) is 6.54 Å². The molecule has 0 atom stereocenters. The van der Waals surface area contributed by atoms with E-state index in [0.717, 1.165) is 17.8 Å². The number of hydrogen-bond acceptors (Lipinski definition) is 2. The number of rotatable bonds is 9. The van der Waals surface area contributed by atoms with Crippen LogP contribution in [0.5, 0.6) is 0 Å².